The topological polar surface area (TPSA) is 78.5 Å². The molecule has 1 saturated heterocycles. The summed E-state index contributed by atoms with van der Waals surface area (Å²) in [4.78, 5) is 35.2. The number of nitrogens with zero attached hydrogens (tertiary/aromatic N) is 1. The Labute approximate surface area is 180 Å². The Morgan fingerprint density at radius 2 is 1.24 bits per heavy atom. The zero-order chi connectivity index (χ0) is 16.7. The Morgan fingerprint density at radius 3 is 1.68 bits per heavy atom. The van der Waals surface area contributed by atoms with Gasteiger partial charge in [-0.25, -0.2) is 0 Å². The van der Waals surface area contributed by atoms with Crippen LogP contribution in [0.4, 0.5) is 0 Å². The molecule has 6 nitrogen and oxygen atoms in total. The molecule has 25 heavy (non-hydrogen) atoms. The van der Waals surface area contributed by atoms with Crippen LogP contribution in [0, 0.1) is 0 Å². The van der Waals surface area contributed by atoms with E-state index in [0.29, 0.717) is 38.9 Å². The van der Waals surface area contributed by atoms with Gasteiger partial charge in [0.25, 0.3) is 0 Å². The molecule has 0 aliphatic carbocycles. The van der Waals surface area contributed by atoms with E-state index in [1.54, 1.807) is 20.8 Å². The van der Waals surface area contributed by atoms with E-state index in [1.807, 2.05) is 24.1 Å². The van der Waals surface area contributed by atoms with E-state index >= 15 is 0 Å². The fraction of sp³-hybridized carbons (Fsp3) is 0.800. The zero-order valence-corrected chi connectivity index (χ0v) is 18.6. The van der Waals surface area contributed by atoms with Gasteiger partial charge in [-0.15, -0.1) is 0 Å². The van der Waals surface area contributed by atoms with Crippen LogP contribution in [-0.4, -0.2) is 58.5 Å². The average molecular weight is 451 g/mol. The van der Waals surface area contributed by atoms with Crippen molar-refractivity contribution in [3.63, 3.8) is 0 Å². The third kappa shape index (κ3) is 11.0. The number of carbonyl (C=O) groups is 3. The van der Waals surface area contributed by atoms with Gasteiger partial charge in [-0.2, -0.15) is 0 Å². The Balaban J connectivity index is -0.00000161. The molecule has 0 amide bonds. The quantitative estimate of drug-likeness (QED) is 0.416. The molecule has 0 aromatic carbocycles. The molecule has 0 bridgehead atoms. The van der Waals surface area contributed by atoms with Crippen LogP contribution < -0.4 is 47.9 Å². The van der Waals surface area contributed by atoms with Crippen LogP contribution >= 0.6 is 0 Å². The number of hydrogen-bond acceptors (Lipinski definition) is 6. The Kier molecular flexibility index (Phi) is 18.8. The predicted octanol–water partition coefficient (Wildman–Crippen LogP) is -9.00. The summed E-state index contributed by atoms with van der Waals surface area (Å²) in [5.74, 6) is 0.302. The maximum atomic E-state index is 11.8. The normalized spacial score (nSPS) is 25.7. The molecule has 144 valence electrons. The first-order valence-electron chi connectivity index (χ1n) is 7.79. The molecule has 3 atom stereocenters. The van der Waals surface area contributed by atoms with Crippen molar-refractivity contribution >= 4 is 17.3 Å². The summed E-state index contributed by atoms with van der Waals surface area (Å²) in [5, 5.41) is 6.47. The van der Waals surface area contributed by atoms with Crippen molar-refractivity contribution in [2.45, 2.75) is 58.2 Å². The summed E-state index contributed by atoms with van der Waals surface area (Å²) in [6.45, 7) is 6.69. The average Bonchev–Trinajstić information content (AvgIpc) is 2.41. The van der Waals surface area contributed by atoms with Crippen LogP contribution in [0.5, 0.6) is 0 Å². The van der Waals surface area contributed by atoms with Crippen molar-refractivity contribution in [2.75, 3.05) is 19.6 Å². The largest absolute Gasteiger partial charge is 1.00 e. The maximum Gasteiger partial charge on any atom is -1.00 e. The van der Waals surface area contributed by atoms with Gasteiger partial charge in [0, 0.05) is 0 Å². The standard InChI is InChI=1S/C15H26N3O3.3ClH.Ti/c1-10(19)13-4-7-17-15(12(3)21)6-9-18-14(11(2)20)5-8-16-13;;;;/h13-17H,4-9H2,1-3H3;3*1H;/q-1;;;;+4/p-3. The molecule has 1 aliphatic heterocycles. The van der Waals surface area contributed by atoms with Crippen molar-refractivity contribution in [1.82, 2.24) is 14.0 Å². The first-order chi connectivity index (χ1) is 10.3. The van der Waals surface area contributed by atoms with Gasteiger partial charge in [0.05, 0.1) is 0 Å². The van der Waals surface area contributed by atoms with E-state index < -0.39 is 0 Å². The number of Topliss-reactive ketones (excluding diaryl/α,β-unsaturated/α-hetero) is 3. The molecule has 1 aliphatic rings. The first-order valence-corrected chi connectivity index (χ1v) is 8.48. The van der Waals surface area contributed by atoms with Crippen molar-refractivity contribution in [1.29, 1.82) is 0 Å². The molecule has 0 aromatic heterocycles. The van der Waals surface area contributed by atoms with E-state index in [1.165, 1.54) is 0 Å². The van der Waals surface area contributed by atoms with Gasteiger partial charge in [0.15, 0.2) is 0 Å². The van der Waals surface area contributed by atoms with Gasteiger partial charge in [-0.05, 0) is 0 Å². The maximum absolute atomic E-state index is 11.8. The fourth-order valence-electron chi connectivity index (χ4n) is 2.70. The van der Waals surface area contributed by atoms with E-state index in [4.69, 9.17) is 0 Å². The molecule has 1 fully saturated rings. The van der Waals surface area contributed by atoms with E-state index in [0.717, 1.165) is 0 Å². The Bertz CT molecular complexity index is 430. The summed E-state index contributed by atoms with van der Waals surface area (Å²) in [7, 11) is 0. The predicted molar refractivity (Wildman–Crippen MR) is 80.0 cm³/mol. The smallest absolute Gasteiger partial charge is 1.00 e. The number of nitrogens with one attached hydrogen (secondary N) is 2. The third-order valence-electron chi connectivity index (χ3n) is 4.12. The van der Waals surface area contributed by atoms with Gasteiger partial charge < -0.3 is 37.2 Å². The number of rotatable bonds is 3. The van der Waals surface area contributed by atoms with Gasteiger partial charge in [0.2, 0.25) is 0 Å². The molecule has 0 radical (unpaired) electrons. The minimum atomic E-state index is -0.225. The van der Waals surface area contributed by atoms with Gasteiger partial charge in [-0.1, -0.05) is 0 Å². The third-order valence-corrected chi connectivity index (χ3v) is 4.95. The molecular weight excluding hydrogens is 424 g/mol. The Hall–Kier alpha value is 0.474. The fourth-order valence-corrected chi connectivity index (χ4v) is 3.38. The van der Waals surface area contributed by atoms with Crippen LogP contribution in [0.1, 0.15) is 40.0 Å². The second-order valence-corrected chi connectivity index (χ2v) is 6.82. The second kappa shape index (κ2) is 15.5. The SMILES string of the molecule is CC(=O)C1CCNC(C(C)=O)CC[N]([Ti+3])C(C(C)=O)CCN1.[Cl-].[Cl-].[Cl-]. The summed E-state index contributed by atoms with van der Waals surface area (Å²) in [6.07, 6.45) is 2.00. The molecule has 0 saturated carbocycles. The number of carbonyl (C=O) groups excluding carboxylic acids is 3. The van der Waals surface area contributed by atoms with Crippen molar-refractivity contribution in [3.8, 4) is 0 Å². The van der Waals surface area contributed by atoms with Crippen molar-refractivity contribution in [3.05, 3.63) is 0 Å². The minimum absolute atomic E-state index is 0. The number of ketones is 3. The van der Waals surface area contributed by atoms with Gasteiger partial charge in [0.1, 0.15) is 0 Å². The van der Waals surface area contributed by atoms with E-state index in [9.17, 15) is 14.4 Å². The van der Waals surface area contributed by atoms with Crippen LogP contribution in [0.25, 0.3) is 0 Å². The number of halogens is 3. The molecule has 3 unspecified atom stereocenters. The van der Waals surface area contributed by atoms with Crippen LogP contribution in [0.3, 0.4) is 0 Å². The summed E-state index contributed by atoms with van der Waals surface area (Å²) in [6, 6.07) is -0.619. The summed E-state index contributed by atoms with van der Waals surface area (Å²) < 4.78 is 2.01. The van der Waals surface area contributed by atoms with Crippen LogP contribution in [-0.2, 0) is 35.1 Å². The minimum Gasteiger partial charge on any atom is -1.00 e. The molecule has 2 N–H and O–H groups in total. The van der Waals surface area contributed by atoms with E-state index in [2.05, 4.69) is 10.6 Å². The molecule has 10 heteroatoms. The first kappa shape index (κ1) is 30.2. The second-order valence-electron chi connectivity index (χ2n) is 5.92. The van der Waals surface area contributed by atoms with E-state index in [-0.39, 0.29) is 72.7 Å². The molecule has 1 heterocycles. The molecule has 0 aromatic rings. The molecule has 1 rings (SSSR count). The van der Waals surface area contributed by atoms with Gasteiger partial charge >= 0.3 is 144 Å². The number of hydrogen-bond donors (Lipinski definition) is 2. The molecular formula is C15H26Cl3N3O3Ti. The summed E-state index contributed by atoms with van der Waals surface area (Å²) >= 11 is 1.91. The van der Waals surface area contributed by atoms with Crippen LogP contribution in [0.2, 0.25) is 0 Å². The monoisotopic (exact) mass is 449 g/mol. The van der Waals surface area contributed by atoms with Gasteiger partial charge in [-0.3, -0.25) is 0 Å². The van der Waals surface area contributed by atoms with Crippen molar-refractivity contribution < 1.29 is 72.3 Å². The summed E-state index contributed by atoms with van der Waals surface area (Å²) in [5.41, 5.74) is 0. The Morgan fingerprint density at radius 1 is 0.800 bits per heavy atom. The zero-order valence-electron chi connectivity index (χ0n) is 14.8. The van der Waals surface area contributed by atoms with Crippen LogP contribution in [0.15, 0.2) is 0 Å². The molecule has 0 spiro atoms. The van der Waals surface area contributed by atoms with Crippen molar-refractivity contribution in [2.24, 2.45) is 0 Å².